The number of nitrogens with zero attached hydrogens (tertiary/aromatic N) is 3. The van der Waals surface area contributed by atoms with E-state index >= 15 is 0 Å². The van der Waals surface area contributed by atoms with Crippen molar-refractivity contribution in [2.75, 3.05) is 20.1 Å². The van der Waals surface area contributed by atoms with E-state index in [1.807, 2.05) is 33.0 Å². The average molecular weight is 548 g/mol. The molecule has 10 nitrogen and oxygen atoms in total. The molecule has 1 aromatic heterocycles. The summed E-state index contributed by atoms with van der Waals surface area (Å²) in [7, 11) is 2.03. The van der Waals surface area contributed by atoms with E-state index in [1.54, 1.807) is 11.8 Å². The second kappa shape index (κ2) is 8.64. The van der Waals surface area contributed by atoms with Crippen molar-refractivity contribution in [1.82, 2.24) is 25.0 Å². The smallest absolute Gasteiger partial charge is 0.281 e. The largest absolute Gasteiger partial charge is 0.361 e. The van der Waals surface area contributed by atoms with Crippen LogP contribution in [0.25, 0.3) is 16.5 Å². The summed E-state index contributed by atoms with van der Waals surface area (Å²) in [5.74, 6) is -3.81. The van der Waals surface area contributed by atoms with Crippen LogP contribution >= 0.6 is 0 Å². The van der Waals surface area contributed by atoms with Crippen molar-refractivity contribution in [3.63, 3.8) is 0 Å². The number of benzene rings is 1. The van der Waals surface area contributed by atoms with Crippen LogP contribution in [0, 0.1) is 11.8 Å². The Hall–Kier alpha value is -3.21. The minimum Gasteiger partial charge on any atom is -0.361 e. The van der Waals surface area contributed by atoms with E-state index in [0.29, 0.717) is 19.5 Å². The van der Waals surface area contributed by atoms with Gasteiger partial charge in [0, 0.05) is 42.7 Å². The summed E-state index contributed by atoms with van der Waals surface area (Å²) in [5.41, 5.74) is 2.83. The van der Waals surface area contributed by atoms with Crippen LogP contribution in [0.2, 0.25) is 0 Å². The minimum absolute atomic E-state index is 0.121. The fraction of sp³-hybridized carbons (Fsp3) is 0.567. The second-order valence-electron chi connectivity index (χ2n) is 12.4. The van der Waals surface area contributed by atoms with Crippen molar-refractivity contribution >= 4 is 34.2 Å². The van der Waals surface area contributed by atoms with E-state index in [-0.39, 0.29) is 30.2 Å². The topological polar surface area (TPSA) is 118 Å². The molecule has 40 heavy (non-hydrogen) atoms. The zero-order valence-corrected chi connectivity index (χ0v) is 23.4. The Morgan fingerprint density at radius 3 is 2.85 bits per heavy atom. The minimum atomic E-state index is -1.99. The van der Waals surface area contributed by atoms with Crippen LogP contribution in [-0.2, 0) is 25.5 Å². The molecule has 6 atom stereocenters. The van der Waals surface area contributed by atoms with Crippen LogP contribution in [0.5, 0.6) is 0 Å². The van der Waals surface area contributed by atoms with Gasteiger partial charge in [0.2, 0.25) is 17.5 Å². The standard InChI is InChI=1S/C30H37N5O5/c1-5-29(28(38)35-25(16(2)3)27(37)34-11-7-10-23(34)30(35,39)40-29)32-26(36)18-12-20-19-8-6-9-21-24(19)17(14-31-21)13-22(20)33(4)15-18/h6,8-9,12,14,16,18,22-23,25,31,39H,5,7,10-11,13,15H2,1-4H3,(H,32,36)/t18-,22-,23+,25?,29-,30+/m1/s1. The molecule has 0 bridgehead atoms. The summed E-state index contributed by atoms with van der Waals surface area (Å²) in [6, 6.07) is 4.83. The quantitative estimate of drug-likeness (QED) is 0.537. The molecule has 10 heteroatoms. The lowest BCUT2D eigenvalue weighted by molar-refractivity contribution is -0.319. The normalized spacial score (nSPS) is 35.2. The first-order valence-electron chi connectivity index (χ1n) is 14.5. The van der Waals surface area contributed by atoms with Gasteiger partial charge < -0.3 is 20.3 Å². The van der Waals surface area contributed by atoms with Gasteiger partial charge in [-0.2, -0.15) is 0 Å². The predicted molar refractivity (Wildman–Crippen MR) is 147 cm³/mol. The number of rotatable bonds is 4. The van der Waals surface area contributed by atoms with Gasteiger partial charge in [0.05, 0.1) is 5.92 Å². The van der Waals surface area contributed by atoms with Crippen molar-refractivity contribution in [2.24, 2.45) is 11.8 Å². The summed E-state index contributed by atoms with van der Waals surface area (Å²) in [5, 5.41) is 16.1. The third kappa shape index (κ3) is 3.30. The first-order valence-corrected chi connectivity index (χ1v) is 14.5. The molecule has 4 aliphatic heterocycles. The van der Waals surface area contributed by atoms with Crippen LogP contribution in [-0.4, -0.2) is 92.4 Å². The first-order chi connectivity index (χ1) is 19.1. The third-order valence-corrected chi connectivity index (χ3v) is 9.79. The molecule has 3 saturated heterocycles. The maximum atomic E-state index is 14.1. The lowest BCUT2D eigenvalue weighted by Crippen LogP contribution is -2.72. The number of aliphatic hydroxyl groups is 1. The molecule has 0 radical (unpaired) electrons. The monoisotopic (exact) mass is 547 g/mol. The van der Waals surface area contributed by atoms with Crippen molar-refractivity contribution in [3.8, 4) is 0 Å². The van der Waals surface area contributed by atoms with Crippen molar-refractivity contribution < 1.29 is 24.2 Å². The van der Waals surface area contributed by atoms with Gasteiger partial charge in [-0.1, -0.05) is 39.0 Å². The fourth-order valence-corrected chi connectivity index (χ4v) is 7.83. The molecule has 0 saturated carbocycles. The molecular weight excluding hydrogens is 510 g/mol. The van der Waals surface area contributed by atoms with Crippen LogP contribution in [0.15, 0.2) is 30.5 Å². The van der Waals surface area contributed by atoms with Crippen LogP contribution in [0.3, 0.4) is 0 Å². The Bertz CT molecular complexity index is 1470. The number of hydrogen-bond acceptors (Lipinski definition) is 6. The number of nitrogens with one attached hydrogen (secondary N) is 2. The average Bonchev–Trinajstić information content (AvgIpc) is 3.64. The van der Waals surface area contributed by atoms with Gasteiger partial charge >= 0.3 is 0 Å². The maximum Gasteiger partial charge on any atom is 0.281 e. The number of likely N-dealkylation sites (N-methyl/N-ethyl adjacent to an activating group) is 1. The summed E-state index contributed by atoms with van der Waals surface area (Å²) in [6.45, 7) is 6.48. The van der Waals surface area contributed by atoms with Crippen LogP contribution < -0.4 is 5.32 Å². The first kappa shape index (κ1) is 25.7. The summed E-state index contributed by atoms with van der Waals surface area (Å²) >= 11 is 0. The zero-order valence-electron chi connectivity index (χ0n) is 23.4. The number of ether oxygens (including phenoxy) is 1. The van der Waals surface area contributed by atoms with E-state index in [0.717, 1.165) is 29.5 Å². The number of carbonyl (C=O) groups excluding carboxylic acids is 3. The number of fused-ring (bicyclic) bond motifs is 5. The number of amides is 3. The Morgan fingerprint density at radius 1 is 1.30 bits per heavy atom. The molecule has 5 heterocycles. The number of carbonyl (C=O) groups is 3. The van der Waals surface area contributed by atoms with Gasteiger partial charge in [-0.05, 0) is 55.0 Å². The molecule has 3 N–H and O–H groups in total. The van der Waals surface area contributed by atoms with E-state index in [2.05, 4.69) is 33.5 Å². The van der Waals surface area contributed by atoms with Crippen LogP contribution in [0.4, 0.5) is 0 Å². The van der Waals surface area contributed by atoms with Gasteiger partial charge in [-0.25, -0.2) is 0 Å². The SMILES string of the molecule is CC[C@@]1(NC(=O)[C@@H]2C=C3c4cccc5[nH]cc(c45)C[C@H]3N(C)C2)O[C@@]2(O)[C@@H]3CCCN3C(=O)C(C(C)C)N2C1=O. The lowest BCUT2D eigenvalue weighted by Gasteiger charge is -2.49. The maximum absolute atomic E-state index is 14.1. The summed E-state index contributed by atoms with van der Waals surface area (Å²) < 4.78 is 6.29. The molecule has 1 unspecified atom stereocenters. The highest BCUT2D eigenvalue weighted by atomic mass is 16.7. The zero-order chi connectivity index (χ0) is 28.1. The lowest BCUT2D eigenvalue weighted by atomic mass is 9.79. The Balaban J connectivity index is 1.23. The predicted octanol–water partition coefficient (Wildman–Crippen LogP) is 1.79. The summed E-state index contributed by atoms with van der Waals surface area (Å²) in [6.07, 6.45) is 6.34. The molecule has 1 aromatic carbocycles. The molecule has 1 aliphatic carbocycles. The molecule has 7 rings (SSSR count). The summed E-state index contributed by atoms with van der Waals surface area (Å²) in [4.78, 5) is 49.9. The molecule has 3 amide bonds. The van der Waals surface area contributed by atoms with Crippen molar-refractivity contribution in [3.05, 3.63) is 41.6 Å². The molecule has 2 aromatic rings. The number of aromatic nitrogens is 1. The second-order valence-corrected chi connectivity index (χ2v) is 12.4. The van der Waals surface area contributed by atoms with Gasteiger partial charge in [-0.15, -0.1) is 0 Å². The highest BCUT2D eigenvalue weighted by Crippen LogP contribution is 2.48. The number of aromatic amines is 1. The number of piperazine rings is 1. The Kier molecular flexibility index (Phi) is 5.56. The third-order valence-electron chi connectivity index (χ3n) is 9.79. The van der Waals surface area contributed by atoms with Gasteiger partial charge in [-0.3, -0.25) is 28.9 Å². The van der Waals surface area contributed by atoms with Gasteiger partial charge in [0.15, 0.2) is 0 Å². The van der Waals surface area contributed by atoms with E-state index < -0.39 is 35.5 Å². The van der Waals surface area contributed by atoms with E-state index in [1.165, 1.54) is 15.8 Å². The highest BCUT2D eigenvalue weighted by Gasteiger charge is 2.71. The Morgan fingerprint density at radius 2 is 2.10 bits per heavy atom. The highest BCUT2D eigenvalue weighted by molar-refractivity contribution is 6.01. The van der Waals surface area contributed by atoms with E-state index in [9.17, 15) is 19.5 Å². The van der Waals surface area contributed by atoms with Crippen LogP contribution in [0.1, 0.15) is 51.2 Å². The van der Waals surface area contributed by atoms with Gasteiger partial charge in [0.25, 0.3) is 11.8 Å². The molecule has 5 aliphatic rings. The number of hydrogen-bond donors (Lipinski definition) is 3. The fourth-order valence-electron chi connectivity index (χ4n) is 7.83. The number of H-pyrrole nitrogens is 1. The van der Waals surface area contributed by atoms with Gasteiger partial charge in [0.1, 0.15) is 12.1 Å². The van der Waals surface area contributed by atoms with Crippen molar-refractivity contribution in [1.29, 1.82) is 0 Å². The molecule has 3 fully saturated rings. The van der Waals surface area contributed by atoms with Crippen molar-refractivity contribution in [2.45, 2.75) is 76.2 Å². The Labute approximate surface area is 233 Å². The molecular formula is C30H37N5O5. The molecule has 0 spiro atoms. The molecule has 212 valence electrons. The van der Waals surface area contributed by atoms with E-state index in [4.69, 9.17) is 4.74 Å².